The molecule has 9 atom stereocenters. The van der Waals surface area contributed by atoms with Gasteiger partial charge in [-0.25, -0.2) is 4.79 Å². The molecule has 0 aromatic rings. The highest BCUT2D eigenvalue weighted by Crippen LogP contribution is 2.69. The first-order valence-corrected chi connectivity index (χ1v) is 11.2. The lowest BCUT2D eigenvalue weighted by Gasteiger charge is -2.64. The van der Waals surface area contributed by atoms with Crippen molar-refractivity contribution in [2.45, 2.75) is 83.0 Å². The van der Waals surface area contributed by atoms with Gasteiger partial charge in [-0.05, 0) is 86.0 Å². The van der Waals surface area contributed by atoms with E-state index in [1.165, 1.54) is 0 Å². The summed E-state index contributed by atoms with van der Waals surface area (Å²) in [5, 5.41) is 33.7. The molecule has 4 fully saturated rings. The molecule has 1 aliphatic heterocycles. The fraction of sp³-hybridized carbons (Fsp3) is 0.870. The van der Waals surface area contributed by atoms with Crippen molar-refractivity contribution in [2.75, 3.05) is 6.61 Å². The Morgan fingerprint density at radius 2 is 1.82 bits per heavy atom. The van der Waals surface area contributed by atoms with Crippen LogP contribution in [0.5, 0.6) is 0 Å². The molecule has 3 N–H and O–H groups in total. The first kappa shape index (κ1) is 19.1. The average molecular weight is 391 g/mol. The zero-order valence-corrected chi connectivity index (χ0v) is 17.1. The molecule has 1 heterocycles. The fourth-order valence-electron chi connectivity index (χ4n) is 8.37. The van der Waals surface area contributed by atoms with E-state index in [2.05, 4.69) is 6.92 Å². The molecule has 28 heavy (non-hydrogen) atoms. The topological polar surface area (TPSA) is 87.0 Å². The van der Waals surface area contributed by atoms with Crippen LogP contribution in [0, 0.1) is 34.5 Å². The zero-order chi connectivity index (χ0) is 19.9. The summed E-state index contributed by atoms with van der Waals surface area (Å²) in [4.78, 5) is 11.6. The highest BCUT2D eigenvalue weighted by molar-refractivity contribution is 5.85. The number of hydrogen-bond acceptors (Lipinski definition) is 5. The Kier molecular flexibility index (Phi) is 4.12. The number of hydrogen-bond donors (Lipinski definition) is 3. The van der Waals surface area contributed by atoms with Crippen LogP contribution < -0.4 is 0 Å². The lowest BCUT2D eigenvalue weighted by atomic mass is 9.42. The summed E-state index contributed by atoms with van der Waals surface area (Å²) < 4.78 is 5.16. The number of ether oxygens (including phenoxy) is 1. The van der Waals surface area contributed by atoms with Crippen LogP contribution in [0.4, 0.5) is 0 Å². The summed E-state index contributed by atoms with van der Waals surface area (Å²) in [5.41, 5.74) is -0.507. The number of fused-ring (bicyclic) bond motifs is 5. The lowest BCUT2D eigenvalue weighted by molar-refractivity contribution is -0.244. The SMILES string of the molecule is C[C@]12CC[C@H](O)C[C@H]1CC[C@@H]1[C@@H]2C[C@@H](O)[C@]2(C)[C@@H](C3=CC(=O)OC3)CCC12O. The molecule has 5 aliphatic rings. The van der Waals surface area contributed by atoms with Gasteiger partial charge >= 0.3 is 5.97 Å². The molecule has 0 saturated heterocycles. The van der Waals surface area contributed by atoms with Crippen molar-refractivity contribution >= 4 is 5.97 Å². The third kappa shape index (κ3) is 2.27. The van der Waals surface area contributed by atoms with Gasteiger partial charge in [-0.1, -0.05) is 13.8 Å². The van der Waals surface area contributed by atoms with E-state index in [9.17, 15) is 20.1 Å². The molecule has 5 rings (SSSR count). The molecule has 5 nitrogen and oxygen atoms in total. The summed E-state index contributed by atoms with van der Waals surface area (Å²) in [7, 11) is 0. The van der Waals surface area contributed by atoms with Gasteiger partial charge < -0.3 is 20.1 Å². The molecule has 0 spiro atoms. The van der Waals surface area contributed by atoms with Gasteiger partial charge in [0.05, 0.1) is 17.8 Å². The minimum absolute atomic E-state index is 0.00129. The van der Waals surface area contributed by atoms with Gasteiger partial charge in [0.2, 0.25) is 0 Å². The molecule has 4 aliphatic carbocycles. The summed E-state index contributed by atoms with van der Waals surface area (Å²) >= 11 is 0. The Morgan fingerprint density at radius 3 is 2.54 bits per heavy atom. The monoisotopic (exact) mass is 390 g/mol. The summed E-state index contributed by atoms with van der Waals surface area (Å²) in [6, 6.07) is 0. The highest BCUT2D eigenvalue weighted by atomic mass is 16.5. The zero-order valence-electron chi connectivity index (χ0n) is 17.1. The van der Waals surface area contributed by atoms with Crippen LogP contribution in [0.25, 0.3) is 0 Å². The van der Waals surface area contributed by atoms with Crippen LogP contribution in [-0.4, -0.2) is 45.7 Å². The fourth-order valence-corrected chi connectivity index (χ4v) is 8.37. The number of aliphatic hydroxyl groups is 3. The highest BCUT2D eigenvalue weighted by Gasteiger charge is 2.70. The Hall–Kier alpha value is -0.910. The normalized spacial score (nSPS) is 55.8. The first-order chi connectivity index (χ1) is 13.2. The summed E-state index contributed by atoms with van der Waals surface area (Å²) in [6.07, 6.45) is 7.69. The van der Waals surface area contributed by atoms with E-state index in [0.717, 1.165) is 44.1 Å². The number of carbonyl (C=O) groups is 1. The maximum atomic E-state index is 12.1. The van der Waals surface area contributed by atoms with Crippen molar-refractivity contribution in [3.63, 3.8) is 0 Å². The second-order valence-electron chi connectivity index (χ2n) is 10.8. The van der Waals surface area contributed by atoms with Gasteiger partial charge in [0, 0.05) is 11.5 Å². The van der Waals surface area contributed by atoms with Crippen LogP contribution in [0.1, 0.15) is 65.2 Å². The largest absolute Gasteiger partial charge is 0.458 e. The molecular formula is C23H34O5. The minimum atomic E-state index is -0.906. The van der Waals surface area contributed by atoms with Gasteiger partial charge in [-0.2, -0.15) is 0 Å². The van der Waals surface area contributed by atoms with E-state index in [1.807, 2.05) is 6.92 Å². The Balaban J connectivity index is 1.51. The summed E-state index contributed by atoms with van der Waals surface area (Å²) in [6.45, 7) is 4.69. The maximum absolute atomic E-state index is 12.1. The second kappa shape index (κ2) is 6.05. The van der Waals surface area contributed by atoms with Crippen molar-refractivity contribution < 1.29 is 24.9 Å². The predicted molar refractivity (Wildman–Crippen MR) is 103 cm³/mol. The third-order valence-electron chi connectivity index (χ3n) is 10.0. The van der Waals surface area contributed by atoms with Gasteiger partial charge in [0.15, 0.2) is 0 Å². The maximum Gasteiger partial charge on any atom is 0.331 e. The van der Waals surface area contributed by atoms with E-state index >= 15 is 0 Å². The molecule has 1 unspecified atom stereocenters. The number of rotatable bonds is 1. The third-order valence-corrected chi connectivity index (χ3v) is 10.0. The molecule has 0 aromatic heterocycles. The van der Waals surface area contributed by atoms with E-state index < -0.39 is 17.1 Å². The minimum Gasteiger partial charge on any atom is -0.458 e. The van der Waals surface area contributed by atoms with Gasteiger partial charge in [0.25, 0.3) is 0 Å². The molecule has 0 amide bonds. The Morgan fingerprint density at radius 1 is 1.04 bits per heavy atom. The van der Waals surface area contributed by atoms with Gasteiger partial charge in [-0.3, -0.25) is 0 Å². The van der Waals surface area contributed by atoms with Crippen LogP contribution >= 0.6 is 0 Å². The van der Waals surface area contributed by atoms with E-state index in [4.69, 9.17) is 4.74 Å². The molecule has 4 saturated carbocycles. The van der Waals surface area contributed by atoms with Crippen molar-refractivity contribution in [3.05, 3.63) is 11.6 Å². The first-order valence-electron chi connectivity index (χ1n) is 11.2. The Labute approximate surface area is 167 Å². The van der Waals surface area contributed by atoms with Crippen molar-refractivity contribution in [1.29, 1.82) is 0 Å². The number of esters is 1. The number of cyclic esters (lactones) is 1. The molecule has 156 valence electrons. The second-order valence-corrected chi connectivity index (χ2v) is 10.8. The quantitative estimate of drug-likeness (QED) is 0.599. The van der Waals surface area contributed by atoms with Gasteiger partial charge in [0.1, 0.15) is 6.61 Å². The van der Waals surface area contributed by atoms with Crippen LogP contribution in [-0.2, 0) is 9.53 Å². The smallest absolute Gasteiger partial charge is 0.331 e. The number of aliphatic hydroxyl groups excluding tert-OH is 2. The van der Waals surface area contributed by atoms with E-state index in [1.54, 1.807) is 6.08 Å². The summed E-state index contributed by atoms with van der Waals surface area (Å²) in [5.74, 6) is 0.657. The van der Waals surface area contributed by atoms with E-state index in [-0.39, 0.29) is 29.3 Å². The molecule has 0 aromatic carbocycles. The molecule has 0 radical (unpaired) electrons. The lowest BCUT2D eigenvalue weighted by Crippen LogP contribution is -2.67. The van der Waals surface area contributed by atoms with Gasteiger partial charge in [-0.15, -0.1) is 0 Å². The van der Waals surface area contributed by atoms with Crippen LogP contribution in [0.15, 0.2) is 11.6 Å². The van der Waals surface area contributed by atoms with Crippen molar-refractivity contribution in [2.24, 2.45) is 34.5 Å². The average Bonchev–Trinajstić information content (AvgIpc) is 3.19. The van der Waals surface area contributed by atoms with Crippen LogP contribution in [0.3, 0.4) is 0 Å². The standard InChI is InChI=1S/C23H34O5/c1-21-7-5-15(24)10-14(21)3-4-17-18(21)11-19(25)22(2)16(6-8-23(17,22)27)13-9-20(26)28-12-13/h9,14-19,24-25,27H,3-8,10-12H2,1-2H3/t14-,15+,16-,17-,18+,19-,21+,22+,23?/m1/s1. The molecule has 5 heteroatoms. The predicted octanol–water partition coefficient (Wildman–Crippen LogP) is 2.58. The Bertz CT molecular complexity index is 718. The van der Waals surface area contributed by atoms with E-state index in [0.29, 0.717) is 31.3 Å². The van der Waals surface area contributed by atoms with Crippen molar-refractivity contribution in [3.8, 4) is 0 Å². The molecule has 0 bridgehead atoms. The van der Waals surface area contributed by atoms with Crippen LogP contribution in [0.2, 0.25) is 0 Å². The molecular weight excluding hydrogens is 356 g/mol. The number of carbonyl (C=O) groups excluding carboxylic acids is 1. The van der Waals surface area contributed by atoms with Crippen molar-refractivity contribution in [1.82, 2.24) is 0 Å².